The number of benzene rings is 3. The maximum Gasteiger partial charge on any atom is 0.232 e. The van der Waals surface area contributed by atoms with E-state index in [1.165, 1.54) is 0 Å². The van der Waals surface area contributed by atoms with Crippen LogP contribution in [-0.2, 0) is 6.61 Å². The normalized spacial score (nSPS) is 10.6. The molecule has 0 saturated heterocycles. The molecule has 4 aromatic rings. The molecule has 1 aromatic heterocycles. The third kappa shape index (κ3) is 4.53. The smallest absolute Gasteiger partial charge is 0.232 e. The molecular formula is C23H18F2N4O2. The van der Waals surface area contributed by atoms with Crippen molar-refractivity contribution in [3.63, 3.8) is 0 Å². The van der Waals surface area contributed by atoms with Crippen LogP contribution in [0.25, 0.3) is 11.1 Å². The molecule has 6 nitrogen and oxygen atoms in total. The molecule has 1 heterocycles. The minimum atomic E-state index is -0.887. The van der Waals surface area contributed by atoms with Gasteiger partial charge in [-0.3, -0.25) is 0 Å². The molecule has 156 valence electrons. The van der Waals surface area contributed by atoms with Gasteiger partial charge in [0, 0.05) is 23.9 Å². The summed E-state index contributed by atoms with van der Waals surface area (Å²) in [7, 11) is 0. The van der Waals surface area contributed by atoms with E-state index in [0.29, 0.717) is 11.4 Å². The Kier molecular flexibility index (Phi) is 5.61. The van der Waals surface area contributed by atoms with Crippen LogP contribution in [0.2, 0.25) is 0 Å². The van der Waals surface area contributed by atoms with Crippen LogP contribution in [0.5, 0.6) is 17.4 Å². The van der Waals surface area contributed by atoms with Gasteiger partial charge in [0.2, 0.25) is 5.88 Å². The van der Waals surface area contributed by atoms with Gasteiger partial charge in [0.1, 0.15) is 41.9 Å². The van der Waals surface area contributed by atoms with E-state index in [-0.39, 0.29) is 29.6 Å². The standard InChI is InChI=1S/C23H18F2N4O2/c24-18-10-17(30-12-14-5-2-1-3-6-14)11-19(25)20(18)21-22(27)28-13-29-23(21)31-16-8-4-7-15(26)9-16/h1-11,13H,12,26H2,(H2,27,28,29). The first-order valence-corrected chi connectivity index (χ1v) is 9.31. The molecule has 0 spiro atoms. The summed E-state index contributed by atoms with van der Waals surface area (Å²) in [5.41, 5.74) is 12.5. The molecule has 4 N–H and O–H groups in total. The average molecular weight is 420 g/mol. The Morgan fingerprint density at radius 2 is 1.52 bits per heavy atom. The van der Waals surface area contributed by atoms with Crippen molar-refractivity contribution in [1.29, 1.82) is 0 Å². The van der Waals surface area contributed by atoms with Crippen LogP contribution >= 0.6 is 0 Å². The van der Waals surface area contributed by atoms with Gasteiger partial charge in [0.15, 0.2) is 0 Å². The summed E-state index contributed by atoms with van der Waals surface area (Å²) in [6.07, 6.45) is 1.15. The fraction of sp³-hybridized carbons (Fsp3) is 0.0435. The van der Waals surface area contributed by atoms with Gasteiger partial charge in [0.05, 0.1) is 11.1 Å². The molecule has 31 heavy (non-hydrogen) atoms. The molecule has 0 fully saturated rings. The van der Waals surface area contributed by atoms with Crippen molar-refractivity contribution in [2.45, 2.75) is 6.61 Å². The number of anilines is 2. The van der Waals surface area contributed by atoms with Gasteiger partial charge < -0.3 is 20.9 Å². The molecule has 0 atom stereocenters. The van der Waals surface area contributed by atoms with Crippen LogP contribution in [0.4, 0.5) is 20.3 Å². The number of nitrogens with two attached hydrogens (primary N) is 2. The third-order valence-corrected chi connectivity index (χ3v) is 4.43. The molecular weight excluding hydrogens is 402 g/mol. The first-order valence-electron chi connectivity index (χ1n) is 9.31. The van der Waals surface area contributed by atoms with Crippen molar-refractivity contribution in [2.24, 2.45) is 0 Å². The summed E-state index contributed by atoms with van der Waals surface area (Å²) in [4.78, 5) is 7.86. The van der Waals surface area contributed by atoms with E-state index in [9.17, 15) is 8.78 Å². The lowest BCUT2D eigenvalue weighted by molar-refractivity contribution is 0.303. The van der Waals surface area contributed by atoms with E-state index in [0.717, 1.165) is 24.0 Å². The fourth-order valence-corrected chi connectivity index (χ4v) is 3.00. The van der Waals surface area contributed by atoms with Crippen molar-refractivity contribution in [3.05, 3.63) is 90.3 Å². The number of rotatable bonds is 6. The van der Waals surface area contributed by atoms with Crippen molar-refractivity contribution in [1.82, 2.24) is 9.97 Å². The van der Waals surface area contributed by atoms with Crippen molar-refractivity contribution < 1.29 is 18.3 Å². The molecule has 0 bridgehead atoms. The highest BCUT2D eigenvalue weighted by atomic mass is 19.1. The lowest BCUT2D eigenvalue weighted by Crippen LogP contribution is -2.04. The minimum absolute atomic E-state index is 0.0383. The Morgan fingerprint density at radius 3 is 2.23 bits per heavy atom. The number of aromatic nitrogens is 2. The van der Waals surface area contributed by atoms with Crippen LogP contribution in [0.1, 0.15) is 5.56 Å². The zero-order chi connectivity index (χ0) is 21.8. The molecule has 0 saturated carbocycles. The molecule has 0 unspecified atom stereocenters. The van der Waals surface area contributed by atoms with Crippen LogP contribution in [0.15, 0.2) is 73.1 Å². The Bertz CT molecular complexity index is 1200. The predicted molar refractivity (Wildman–Crippen MR) is 113 cm³/mol. The largest absolute Gasteiger partial charge is 0.489 e. The summed E-state index contributed by atoms with van der Waals surface area (Å²) in [5, 5.41) is 0. The maximum absolute atomic E-state index is 15.0. The van der Waals surface area contributed by atoms with E-state index >= 15 is 0 Å². The van der Waals surface area contributed by atoms with Gasteiger partial charge in [-0.15, -0.1) is 0 Å². The van der Waals surface area contributed by atoms with Gasteiger partial charge in [-0.2, -0.15) is 0 Å². The summed E-state index contributed by atoms with van der Waals surface area (Å²) in [6, 6.07) is 18.0. The Balaban J connectivity index is 1.67. The van der Waals surface area contributed by atoms with E-state index in [1.54, 1.807) is 24.3 Å². The van der Waals surface area contributed by atoms with E-state index in [1.807, 2.05) is 30.3 Å². The Hall–Kier alpha value is -4.20. The van der Waals surface area contributed by atoms with Crippen LogP contribution in [0.3, 0.4) is 0 Å². The second-order valence-electron chi connectivity index (χ2n) is 6.65. The van der Waals surface area contributed by atoms with Crippen LogP contribution in [-0.4, -0.2) is 9.97 Å². The second kappa shape index (κ2) is 8.66. The minimum Gasteiger partial charge on any atom is -0.489 e. The number of nitrogens with zero attached hydrogens (tertiary/aromatic N) is 2. The summed E-state index contributed by atoms with van der Waals surface area (Å²) in [6.45, 7) is 0.166. The van der Waals surface area contributed by atoms with E-state index < -0.39 is 17.2 Å². The quantitative estimate of drug-likeness (QED) is 0.428. The summed E-state index contributed by atoms with van der Waals surface area (Å²) in [5.74, 6) is -1.64. The number of nitrogen functional groups attached to an aromatic ring is 2. The number of ether oxygens (including phenoxy) is 2. The monoisotopic (exact) mass is 420 g/mol. The SMILES string of the molecule is Nc1cccc(Oc2ncnc(N)c2-c2c(F)cc(OCc3ccccc3)cc2F)c1. The molecule has 0 aliphatic carbocycles. The van der Waals surface area contributed by atoms with Gasteiger partial charge in [-0.1, -0.05) is 36.4 Å². The van der Waals surface area contributed by atoms with E-state index in [2.05, 4.69) is 9.97 Å². The van der Waals surface area contributed by atoms with E-state index in [4.69, 9.17) is 20.9 Å². The maximum atomic E-state index is 15.0. The fourth-order valence-electron chi connectivity index (χ4n) is 3.00. The van der Waals surface area contributed by atoms with Gasteiger partial charge in [0.25, 0.3) is 0 Å². The zero-order valence-electron chi connectivity index (χ0n) is 16.3. The van der Waals surface area contributed by atoms with Crippen LogP contribution in [0, 0.1) is 11.6 Å². The lowest BCUT2D eigenvalue weighted by atomic mass is 10.1. The average Bonchev–Trinajstić information content (AvgIpc) is 2.74. The highest BCUT2D eigenvalue weighted by molar-refractivity contribution is 5.79. The predicted octanol–water partition coefficient (Wildman–Crippen LogP) is 4.96. The number of hydrogen-bond acceptors (Lipinski definition) is 6. The Labute approximate surface area is 177 Å². The van der Waals surface area contributed by atoms with Crippen LogP contribution < -0.4 is 20.9 Å². The van der Waals surface area contributed by atoms with Crippen molar-refractivity contribution >= 4 is 11.5 Å². The summed E-state index contributed by atoms with van der Waals surface area (Å²) < 4.78 is 41.2. The first-order chi connectivity index (χ1) is 15.0. The highest BCUT2D eigenvalue weighted by Crippen LogP contribution is 2.39. The molecule has 0 amide bonds. The van der Waals surface area contributed by atoms with Crippen molar-refractivity contribution in [3.8, 4) is 28.5 Å². The number of halogens is 2. The first kappa shape index (κ1) is 20.1. The number of hydrogen-bond donors (Lipinski definition) is 2. The topological polar surface area (TPSA) is 96.3 Å². The lowest BCUT2D eigenvalue weighted by Gasteiger charge is -2.14. The summed E-state index contributed by atoms with van der Waals surface area (Å²) >= 11 is 0. The van der Waals surface area contributed by atoms with Crippen molar-refractivity contribution in [2.75, 3.05) is 11.5 Å². The van der Waals surface area contributed by atoms with Gasteiger partial charge in [-0.25, -0.2) is 18.7 Å². The highest BCUT2D eigenvalue weighted by Gasteiger charge is 2.23. The van der Waals surface area contributed by atoms with Gasteiger partial charge >= 0.3 is 0 Å². The molecule has 0 radical (unpaired) electrons. The molecule has 4 rings (SSSR count). The van der Waals surface area contributed by atoms with Gasteiger partial charge in [-0.05, 0) is 17.7 Å². The zero-order valence-corrected chi connectivity index (χ0v) is 16.3. The molecule has 0 aliphatic heterocycles. The molecule has 0 aliphatic rings. The second-order valence-corrected chi connectivity index (χ2v) is 6.65. The molecule has 3 aromatic carbocycles. The Morgan fingerprint density at radius 1 is 0.774 bits per heavy atom. The third-order valence-electron chi connectivity index (χ3n) is 4.43. The molecule has 8 heteroatoms.